The van der Waals surface area contributed by atoms with Crippen LogP contribution in [0.15, 0.2) is 24.3 Å². The van der Waals surface area contributed by atoms with E-state index in [0.29, 0.717) is 6.79 Å². The molecule has 0 aliphatic carbocycles. The number of thiophene rings is 1. The van der Waals surface area contributed by atoms with Gasteiger partial charge in [0.2, 0.25) is 6.79 Å². The predicted octanol–water partition coefficient (Wildman–Crippen LogP) is 2.63. The van der Waals surface area contributed by atoms with E-state index in [9.17, 15) is 0 Å². The maximum atomic E-state index is 5.33. The van der Waals surface area contributed by atoms with Gasteiger partial charge >= 0.3 is 0 Å². The van der Waals surface area contributed by atoms with Crippen LogP contribution in [0.3, 0.4) is 0 Å². The highest BCUT2D eigenvalue weighted by Gasteiger charge is 2.16. The molecule has 60 valence electrons. The Morgan fingerprint density at radius 3 is 2.17 bits per heavy atom. The molecule has 0 radical (unpaired) electrons. The van der Waals surface area contributed by atoms with Crippen molar-refractivity contribution in [1.29, 1.82) is 0 Å². The van der Waals surface area contributed by atoms with Gasteiger partial charge in [0.25, 0.3) is 0 Å². The largest absolute Gasteiger partial charge is 0.447 e. The topological polar surface area (TPSA) is 18.5 Å². The van der Waals surface area contributed by atoms with E-state index >= 15 is 0 Å². The molecule has 2 heterocycles. The Labute approximate surface area is 73.3 Å². The average molecular weight is 178 g/mol. The molecule has 3 rings (SSSR count). The summed E-state index contributed by atoms with van der Waals surface area (Å²) in [5.74, 6) is 0. The van der Waals surface area contributed by atoms with Crippen molar-refractivity contribution < 1.29 is 9.47 Å². The van der Waals surface area contributed by atoms with Crippen molar-refractivity contribution in [3.8, 4) is 10.1 Å². The first-order valence-corrected chi connectivity index (χ1v) is 4.54. The molecular weight excluding hydrogens is 172 g/mol. The van der Waals surface area contributed by atoms with Crippen LogP contribution in [0.4, 0.5) is 0 Å². The molecular formula is C9H6O2S. The molecule has 0 unspecified atom stereocenters. The van der Waals surface area contributed by atoms with Crippen LogP contribution < -0.4 is 9.47 Å². The summed E-state index contributed by atoms with van der Waals surface area (Å²) in [5, 5.41) is 4.28. The fourth-order valence-electron chi connectivity index (χ4n) is 1.38. The molecule has 1 aliphatic rings. The number of ether oxygens (including phenoxy) is 2. The van der Waals surface area contributed by atoms with Crippen molar-refractivity contribution in [3.63, 3.8) is 0 Å². The van der Waals surface area contributed by atoms with Gasteiger partial charge in [0.1, 0.15) is 0 Å². The molecule has 2 bridgehead atoms. The van der Waals surface area contributed by atoms with E-state index in [1.54, 1.807) is 11.3 Å². The number of hydrogen-bond acceptors (Lipinski definition) is 3. The number of benzene rings is 1. The minimum absolute atomic E-state index is 0.354. The second kappa shape index (κ2) is 2.14. The third-order valence-electron chi connectivity index (χ3n) is 1.93. The maximum Gasteiger partial charge on any atom is 0.232 e. The van der Waals surface area contributed by atoms with Gasteiger partial charge in [-0.3, -0.25) is 0 Å². The molecule has 3 heteroatoms. The van der Waals surface area contributed by atoms with Crippen molar-refractivity contribution in [2.75, 3.05) is 6.79 Å². The van der Waals surface area contributed by atoms with Crippen molar-refractivity contribution >= 4 is 22.1 Å². The molecule has 1 aliphatic heterocycles. The first kappa shape index (κ1) is 6.31. The van der Waals surface area contributed by atoms with Gasteiger partial charge < -0.3 is 9.47 Å². The van der Waals surface area contributed by atoms with Gasteiger partial charge in [-0.15, -0.1) is 0 Å². The summed E-state index contributed by atoms with van der Waals surface area (Å²) in [6.07, 6.45) is 0. The Hall–Kier alpha value is -1.22. The Morgan fingerprint density at radius 2 is 1.58 bits per heavy atom. The first-order chi connectivity index (χ1) is 5.95. The van der Waals surface area contributed by atoms with Crippen LogP contribution in [0.5, 0.6) is 10.1 Å². The highest BCUT2D eigenvalue weighted by molar-refractivity contribution is 7.17. The molecule has 0 amide bonds. The average Bonchev–Trinajstić information content (AvgIpc) is 2.41. The number of hydrogen-bond donors (Lipinski definition) is 0. The fraction of sp³-hybridized carbons (Fsp3) is 0.111. The highest BCUT2D eigenvalue weighted by Crippen LogP contribution is 2.45. The summed E-state index contributed by atoms with van der Waals surface area (Å²) in [7, 11) is 0. The monoisotopic (exact) mass is 178 g/mol. The SMILES string of the molecule is c1ccc2c3sc(c2c1)OCO3. The lowest BCUT2D eigenvalue weighted by atomic mass is 10.2. The zero-order valence-corrected chi connectivity index (χ0v) is 7.06. The lowest BCUT2D eigenvalue weighted by molar-refractivity contribution is 0.126. The summed E-state index contributed by atoms with van der Waals surface area (Å²) in [5.41, 5.74) is 0. The first-order valence-electron chi connectivity index (χ1n) is 3.72. The van der Waals surface area contributed by atoms with Gasteiger partial charge in [0.15, 0.2) is 10.1 Å². The Bertz CT molecular complexity index is 395. The van der Waals surface area contributed by atoms with Gasteiger partial charge in [-0.05, 0) is 12.1 Å². The van der Waals surface area contributed by atoms with Crippen molar-refractivity contribution in [1.82, 2.24) is 0 Å². The van der Waals surface area contributed by atoms with E-state index in [1.165, 1.54) is 0 Å². The number of fused-ring (bicyclic) bond motifs is 5. The zero-order valence-electron chi connectivity index (χ0n) is 6.24. The van der Waals surface area contributed by atoms with E-state index in [4.69, 9.17) is 9.47 Å². The molecule has 0 fully saturated rings. The lowest BCUT2D eigenvalue weighted by Crippen LogP contribution is -2.04. The van der Waals surface area contributed by atoms with Gasteiger partial charge in [0, 0.05) is 10.8 Å². The van der Waals surface area contributed by atoms with Gasteiger partial charge in [0.05, 0.1) is 0 Å². The van der Waals surface area contributed by atoms with Crippen molar-refractivity contribution in [2.45, 2.75) is 0 Å². The highest BCUT2D eigenvalue weighted by atomic mass is 32.1. The molecule has 1 aromatic heterocycles. The molecule has 0 N–H and O–H groups in total. The van der Waals surface area contributed by atoms with E-state index in [0.717, 1.165) is 20.9 Å². The zero-order chi connectivity index (χ0) is 7.97. The molecule has 0 atom stereocenters. The normalized spacial score (nSPS) is 14.0. The molecule has 0 saturated heterocycles. The second-order valence-electron chi connectivity index (χ2n) is 2.63. The summed E-state index contributed by atoms with van der Waals surface area (Å²) in [6.45, 7) is 0.354. The Kier molecular flexibility index (Phi) is 1.12. The smallest absolute Gasteiger partial charge is 0.232 e. The fourth-order valence-corrected chi connectivity index (χ4v) is 2.34. The number of rotatable bonds is 0. The van der Waals surface area contributed by atoms with Crippen LogP contribution in [0, 0.1) is 0 Å². The van der Waals surface area contributed by atoms with E-state index in [-0.39, 0.29) is 0 Å². The Balaban J connectivity index is 2.49. The lowest BCUT2D eigenvalue weighted by Gasteiger charge is -2.07. The van der Waals surface area contributed by atoms with E-state index in [1.807, 2.05) is 12.1 Å². The van der Waals surface area contributed by atoms with Gasteiger partial charge in [-0.2, -0.15) is 0 Å². The molecule has 0 spiro atoms. The molecule has 12 heavy (non-hydrogen) atoms. The second-order valence-corrected chi connectivity index (χ2v) is 3.57. The summed E-state index contributed by atoms with van der Waals surface area (Å²) >= 11 is 1.57. The van der Waals surface area contributed by atoms with Crippen LogP contribution in [0.1, 0.15) is 0 Å². The van der Waals surface area contributed by atoms with Crippen LogP contribution in [0.2, 0.25) is 0 Å². The minimum atomic E-state index is 0.354. The van der Waals surface area contributed by atoms with Crippen LogP contribution in [-0.4, -0.2) is 6.79 Å². The standard InChI is InChI=1S/C9H6O2S/c1-2-4-7-6(3-1)8-10-5-11-9(7)12-8/h1-4H,5H2. The third kappa shape index (κ3) is 0.689. The van der Waals surface area contributed by atoms with Crippen LogP contribution in [-0.2, 0) is 0 Å². The molecule has 1 aromatic carbocycles. The van der Waals surface area contributed by atoms with Crippen LogP contribution in [0.25, 0.3) is 10.8 Å². The van der Waals surface area contributed by atoms with Crippen molar-refractivity contribution in [2.24, 2.45) is 0 Å². The summed E-state index contributed by atoms with van der Waals surface area (Å²) in [6, 6.07) is 8.13. The molecule has 0 saturated carbocycles. The van der Waals surface area contributed by atoms with Crippen LogP contribution >= 0.6 is 11.3 Å². The van der Waals surface area contributed by atoms with Gasteiger partial charge in [-0.1, -0.05) is 23.5 Å². The van der Waals surface area contributed by atoms with Gasteiger partial charge in [-0.25, -0.2) is 0 Å². The third-order valence-corrected chi connectivity index (χ3v) is 2.98. The van der Waals surface area contributed by atoms with Crippen molar-refractivity contribution in [3.05, 3.63) is 24.3 Å². The summed E-state index contributed by atoms with van der Waals surface area (Å²) in [4.78, 5) is 0. The Morgan fingerprint density at radius 1 is 1.00 bits per heavy atom. The quantitative estimate of drug-likeness (QED) is 0.617. The molecule has 2 nitrogen and oxygen atoms in total. The van der Waals surface area contributed by atoms with E-state index in [2.05, 4.69) is 12.1 Å². The molecule has 2 aromatic rings. The maximum absolute atomic E-state index is 5.33. The summed E-state index contributed by atoms with van der Waals surface area (Å²) < 4.78 is 10.7. The van der Waals surface area contributed by atoms with E-state index < -0.39 is 0 Å². The minimum Gasteiger partial charge on any atom is -0.447 e. The predicted molar refractivity (Wildman–Crippen MR) is 47.9 cm³/mol.